The number of rotatable bonds is 7. The zero-order chi connectivity index (χ0) is 11.8. The van der Waals surface area contributed by atoms with Crippen molar-refractivity contribution in [3.63, 3.8) is 0 Å². The van der Waals surface area contributed by atoms with Crippen molar-refractivity contribution in [2.24, 2.45) is 5.73 Å². The summed E-state index contributed by atoms with van der Waals surface area (Å²) in [6.07, 6.45) is 6.66. The number of nitrogens with zero attached hydrogens (tertiary/aromatic N) is 1. The van der Waals surface area contributed by atoms with Gasteiger partial charge in [-0.2, -0.15) is 0 Å². The minimum Gasteiger partial charge on any atom is -0.378 e. The van der Waals surface area contributed by atoms with E-state index in [0.717, 1.165) is 13.0 Å². The fourth-order valence-corrected chi connectivity index (χ4v) is 2.34. The lowest BCUT2D eigenvalue weighted by Crippen LogP contribution is -2.37. The third-order valence-electron chi connectivity index (χ3n) is 3.32. The molecule has 16 heavy (non-hydrogen) atoms. The highest BCUT2D eigenvalue weighted by molar-refractivity contribution is 4.72. The fourth-order valence-electron chi connectivity index (χ4n) is 2.34. The van der Waals surface area contributed by atoms with Crippen LogP contribution >= 0.6 is 0 Å². The molecule has 1 fully saturated rings. The number of unbranched alkanes of at least 4 members (excludes halogenated alkanes) is 1. The minimum atomic E-state index is 0.365. The van der Waals surface area contributed by atoms with Gasteiger partial charge in [0.25, 0.3) is 0 Å². The summed E-state index contributed by atoms with van der Waals surface area (Å²) in [6, 6.07) is 0.365. The zero-order valence-electron chi connectivity index (χ0n) is 11.0. The maximum atomic E-state index is 5.73. The molecule has 0 aromatic heterocycles. The first-order chi connectivity index (χ1) is 7.72. The van der Waals surface area contributed by atoms with Crippen LogP contribution in [0.3, 0.4) is 0 Å². The molecule has 1 aliphatic rings. The molecule has 1 rings (SSSR count). The van der Waals surface area contributed by atoms with Crippen molar-refractivity contribution in [1.82, 2.24) is 4.90 Å². The molecule has 0 bridgehead atoms. The SMILES string of the molecule is CCOC1CCN(CCCCC(C)N)CC1. The van der Waals surface area contributed by atoms with Gasteiger partial charge >= 0.3 is 0 Å². The summed E-state index contributed by atoms with van der Waals surface area (Å²) < 4.78 is 5.65. The molecule has 0 spiro atoms. The van der Waals surface area contributed by atoms with Gasteiger partial charge in [0, 0.05) is 25.7 Å². The molecule has 1 saturated heterocycles. The normalized spacial score (nSPS) is 21.2. The number of hydrogen-bond acceptors (Lipinski definition) is 3. The zero-order valence-corrected chi connectivity index (χ0v) is 11.0. The van der Waals surface area contributed by atoms with E-state index in [1.165, 1.54) is 45.3 Å². The van der Waals surface area contributed by atoms with Gasteiger partial charge in [-0.15, -0.1) is 0 Å². The van der Waals surface area contributed by atoms with Crippen LogP contribution in [0.25, 0.3) is 0 Å². The van der Waals surface area contributed by atoms with E-state index in [1.807, 2.05) is 0 Å². The van der Waals surface area contributed by atoms with Gasteiger partial charge in [0.15, 0.2) is 0 Å². The second-order valence-electron chi connectivity index (χ2n) is 4.97. The summed E-state index contributed by atoms with van der Waals surface area (Å²) >= 11 is 0. The average Bonchev–Trinajstić information content (AvgIpc) is 2.27. The molecule has 1 unspecified atom stereocenters. The van der Waals surface area contributed by atoms with Crippen LogP contribution in [-0.2, 0) is 4.74 Å². The van der Waals surface area contributed by atoms with Crippen molar-refractivity contribution in [3.05, 3.63) is 0 Å². The molecule has 0 saturated carbocycles. The lowest BCUT2D eigenvalue weighted by atomic mass is 10.1. The molecule has 0 aromatic rings. The van der Waals surface area contributed by atoms with Crippen LogP contribution < -0.4 is 5.73 Å². The van der Waals surface area contributed by atoms with Crippen LogP contribution in [0.4, 0.5) is 0 Å². The van der Waals surface area contributed by atoms with E-state index in [1.54, 1.807) is 0 Å². The molecule has 3 nitrogen and oxygen atoms in total. The summed E-state index contributed by atoms with van der Waals surface area (Å²) in [6.45, 7) is 8.70. The molecule has 0 aliphatic carbocycles. The van der Waals surface area contributed by atoms with E-state index in [-0.39, 0.29) is 0 Å². The summed E-state index contributed by atoms with van der Waals surface area (Å²) in [5.74, 6) is 0. The van der Waals surface area contributed by atoms with Crippen molar-refractivity contribution < 1.29 is 4.74 Å². The maximum Gasteiger partial charge on any atom is 0.0599 e. The summed E-state index contributed by atoms with van der Waals surface area (Å²) in [7, 11) is 0. The Labute approximate surface area is 100 Å². The van der Waals surface area contributed by atoms with Gasteiger partial charge in [-0.05, 0) is 46.1 Å². The Kier molecular flexibility index (Phi) is 7.01. The van der Waals surface area contributed by atoms with Crippen LogP contribution in [0.1, 0.15) is 46.0 Å². The van der Waals surface area contributed by atoms with Crippen molar-refractivity contribution in [3.8, 4) is 0 Å². The summed E-state index contributed by atoms with van der Waals surface area (Å²) in [5.41, 5.74) is 5.73. The molecule has 96 valence electrons. The minimum absolute atomic E-state index is 0.365. The lowest BCUT2D eigenvalue weighted by Gasteiger charge is -2.31. The van der Waals surface area contributed by atoms with Gasteiger partial charge in [-0.1, -0.05) is 6.42 Å². The third-order valence-corrected chi connectivity index (χ3v) is 3.32. The fraction of sp³-hybridized carbons (Fsp3) is 1.00. The second kappa shape index (κ2) is 8.04. The number of piperidine rings is 1. The Hall–Kier alpha value is -0.120. The first kappa shape index (κ1) is 13.9. The second-order valence-corrected chi connectivity index (χ2v) is 4.97. The van der Waals surface area contributed by atoms with Crippen LogP contribution in [0.15, 0.2) is 0 Å². The van der Waals surface area contributed by atoms with Crippen LogP contribution in [-0.4, -0.2) is 43.3 Å². The Balaban J connectivity index is 1.99. The smallest absolute Gasteiger partial charge is 0.0599 e. The van der Waals surface area contributed by atoms with Crippen molar-refractivity contribution in [2.75, 3.05) is 26.2 Å². The van der Waals surface area contributed by atoms with Gasteiger partial charge in [-0.25, -0.2) is 0 Å². The summed E-state index contributed by atoms with van der Waals surface area (Å²) in [5, 5.41) is 0. The van der Waals surface area contributed by atoms with E-state index in [0.29, 0.717) is 12.1 Å². The molecule has 3 heteroatoms. The molecule has 2 N–H and O–H groups in total. The Bertz CT molecular complexity index is 165. The van der Waals surface area contributed by atoms with Gasteiger partial charge in [0.2, 0.25) is 0 Å². The molecule has 1 heterocycles. The van der Waals surface area contributed by atoms with E-state index in [2.05, 4.69) is 18.7 Å². The van der Waals surface area contributed by atoms with Crippen LogP contribution in [0, 0.1) is 0 Å². The van der Waals surface area contributed by atoms with E-state index >= 15 is 0 Å². The largest absolute Gasteiger partial charge is 0.378 e. The highest BCUT2D eigenvalue weighted by atomic mass is 16.5. The molecular formula is C13H28N2O. The average molecular weight is 228 g/mol. The third kappa shape index (κ3) is 5.83. The van der Waals surface area contributed by atoms with Gasteiger partial charge in [0.1, 0.15) is 0 Å². The summed E-state index contributed by atoms with van der Waals surface area (Å²) in [4.78, 5) is 2.57. The number of nitrogens with two attached hydrogens (primary N) is 1. The quantitative estimate of drug-likeness (QED) is 0.677. The number of hydrogen-bond donors (Lipinski definition) is 1. The Morgan fingerprint density at radius 3 is 2.56 bits per heavy atom. The predicted molar refractivity (Wildman–Crippen MR) is 68.6 cm³/mol. The monoisotopic (exact) mass is 228 g/mol. The first-order valence-electron chi connectivity index (χ1n) is 6.82. The molecule has 1 atom stereocenters. The maximum absolute atomic E-state index is 5.73. The molecular weight excluding hydrogens is 200 g/mol. The van der Waals surface area contributed by atoms with E-state index < -0.39 is 0 Å². The molecule has 1 aliphatic heterocycles. The molecule has 0 amide bonds. The first-order valence-corrected chi connectivity index (χ1v) is 6.82. The van der Waals surface area contributed by atoms with Crippen molar-refractivity contribution >= 4 is 0 Å². The number of likely N-dealkylation sites (tertiary alicyclic amines) is 1. The van der Waals surface area contributed by atoms with Gasteiger partial charge in [0.05, 0.1) is 6.10 Å². The number of ether oxygens (including phenoxy) is 1. The lowest BCUT2D eigenvalue weighted by molar-refractivity contribution is 0.0140. The van der Waals surface area contributed by atoms with Crippen LogP contribution in [0.2, 0.25) is 0 Å². The highest BCUT2D eigenvalue weighted by Gasteiger charge is 2.18. The standard InChI is InChI=1S/C13H28N2O/c1-3-16-13-7-10-15(11-8-13)9-5-4-6-12(2)14/h12-13H,3-11,14H2,1-2H3. The predicted octanol–water partition coefficient (Wildman–Crippen LogP) is 2.00. The van der Waals surface area contributed by atoms with Crippen LogP contribution in [0.5, 0.6) is 0 Å². The van der Waals surface area contributed by atoms with Crippen molar-refractivity contribution in [1.29, 1.82) is 0 Å². The van der Waals surface area contributed by atoms with Gasteiger partial charge < -0.3 is 15.4 Å². The van der Waals surface area contributed by atoms with E-state index in [4.69, 9.17) is 10.5 Å². The van der Waals surface area contributed by atoms with Gasteiger partial charge in [-0.3, -0.25) is 0 Å². The topological polar surface area (TPSA) is 38.5 Å². The molecule has 0 radical (unpaired) electrons. The molecule has 0 aromatic carbocycles. The van der Waals surface area contributed by atoms with Crippen molar-refractivity contribution in [2.45, 2.75) is 58.1 Å². The Morgan fingerprint density at radius 1 is 1.31 bits per heavy atom. The van der Waals surface area contributed by atoms with E-state index in [9.17, 15) is 0 Å². The highest BCUT2D eigenvalue weighted by Crippen LogP contribution is 2.14. The Morgan fingerprint density at radius 2 is 2.00 bits per heavy atom.